The number of nitrogens with zero attached hydrogens (tertiary/aromatic N) is 4. The molecule has 0 bridgehead atoms. The summed E-state index contributed by atoms with van der Waals surface area (Å²) in [5.41, 5.74) is 0.272. The van der Waals surface area contributed by atoms with Crippen molar-refractivity contribution in [2.45, 2.75) is 38.8 Å². The lowest BCUT2D eigenvalue weighted by molar-refractivity contribution is 0.0238. The number of hydrogen-bond donors (Lipinski definition) is 0. The number of aromatic nitrogens is 2. The van der Waals surface area contributed by atoms with Crippen molar-refractivity contribution in [3.8, 4) is 11.5 Å². The Labute approximate surface area is 165 Å². The first-order valence-electron chi connectivity index (χ1n) is 9.31. The van der Waals surface area contributed by atoms with Crippen LogP contribution in [0.2, 0.25) is 0 Å². The largest absolute Gasteiger partial charge is 0.493 e. The predicted octanol–water partition coefficient (Wildman–Crippen LogP) is 3.09. The quantitative estimate of drug-likeness (QED) is 0.796. The van der Waals surface area contributed by atoms with E-state index in [1.54, 1.807) is 32.5 Å². The summed E-state index contributed by atoms with van der Waals surface area (Å²) >= 11 is 0. The minimum atomic E-state index is -0.512. The molecule has 1 fully saturated rings. The fourth-order valence-corrected chi connectivity index (χ4v) is 3.35. The molecule has 0 N–H and O–H groups in total. The van der Waals surface area contributed by atoms with Crippen molar-refractivity contribution in [3.63, 3.8) is 0 Å². The molecule has 1 atom stereocenters. The second kappa shape index (κ2) is 7.69. The van der Waals surface area contributed by atoms with Crippen LogP contribution in [0.4, 0.5) is 10.6 Å². The summed E-state index contributed by atoms with van der Waals surface area (Å²) in [5, 5.41) is 0.890. The fourth-order valence-electron chi connectivity index (χ4n) is 3.35. The standard InChI is InChI=1S/C20H28N4O4/c1-20(2,3)28-19(25)23(4)13-7-8-24(11-13)18-14-9-16(26-5)17(27-6)10-15(14)21-12-22-18/h9-10,12-13H,7-8,11H2,1-6H3/t13-/m0/s1. The van der Waals surface area contributed by atoms with Gasteiger partial charge in [-0.05, 0) is 33.3 Å². The van der Waals surface area contributed by atoms with E-state index in [4.69, 9.17) is 14.2 Å². The summed E-state index contributed by atoms with van der Waals surface area (Å²) < 4.78 is 16.3. The van der Waals surface area contributed by atoms with Gasteiger partial charge in [-0.25, -0.2) is 14.8 Å². The number of carbonyl (C=O) groups is 1. The van der Waals surface area contributed by atoms with Crippen LogP contribution >= 0.6 is 0 Å². The van der Waals surface area contributed by atoms with Gasteiger partial charge in [-0.3, -0.25) is 0 Å². The molecule has 1 aromatic carbocycles. The van der Waals surface area contributed by atoms with Gasteiger partial charge in [0, 0.05) is 31.6 Å². The van der Waals surface area contributed by atoms with Crippen LogP contribution in [0.15, 0.2) is 18.5 Å². The first kappa shape index (κ1) is 20.0. The average Bonchev–Trinajstić information content (AvgIpc) is 3.14. The molecule has 8 nitrogen and oxygen atoms in total. The molecule has 1 saturated heterocycles. The number of hydrogen-bond acceptors (Lipinski definition) is 7. The number of benzene rings is 1. The SMILES string of the molecule is COc1cc2ncnc(N3CC[C@H](N(C)C(=O)OC(C)(C)C)C3)c2cc1OC. The van der Waals surface area contributed by atoms with E-state index in [1.807, 2.05) is 32.9 Å². The molecule has 8 heteroatoms. The second-order valence-corrected chi connectivity index (χ2v) is 7.90. The van der Waals surface area contributed by atoms with Gasteiger partial charge in [0.25, 0.3) is 0 Å². The molecule has 2 heterocycles. The number of fused-ring (bicyclic) bond motifs is 1. The van der Waals surface area contributed by atoms with Crippen molar-refractivity contribution >= 4 is 22.8 Å². The Hall–Kier alpha value is -2.77. The Balaban J connectivity index is 1.83. The Morgan fingerprint density at radius 1 is 1.18 bits per heavy atom. The van der Waals surface area contributed by atoms with Gasteiger partial charge in [0.1, 0.15) is 17.7 Å². The molecule has 28 heavy (non-hydrogen) atoms. The van der Waals surface area contributed by atoms with Crippen molar-refractivity contribution in [1.29, 1.82) is 0 Å². The minimum absolute atomic E-state index is 0.0556. The normalized spacial score (nSPS) is 16.9. The molecule has 1 amide bonds. The molecular formula is C20H28N4O4. The molecule has 3 rings (SSSR count). The summed E-state index contributed by atoms with van der Waals surface area (Å²) in [5.74, 6) is 2.09. The number of amides is 1. The number of rotatable bonds is 4. The fraction of sp³-hybridized carbons (Fsp3) is 0.550. The Kier molecular flexibility index (Phi) is 5.49. The number of methoxy groups -OCH3 is 2. The van der Waals surface area contributed by atoms with Crippen LogP contribution in [0, 0.1) is 0 Å². The van der Waals surface area contributed by atoms with Gasteiger partial charge in [0.05, 0.1) is 25.8 Å². The zero-order valence-corrected chi connectivity index (χ0v) is 17.4. The maximum atomic E-state index is 12.4. The van der Waals surface area contributed by atoms with E-state index in [0.717, 1.165) is 29.7 Å². The Morgan fingerprint density at radius 2 is 1.86 bits per heavy atom. The topological polar surface area (TPSA) is 77.0 Å². The van der Waals surface area contributed by atoms with Gasteiger partial charge in [-0.1, -0.05) is 0 Å². The van der Waals surface area contributed by atoms with E-state index < -0.39 is 5.60 Å². The third-order valence-corrected chi connectivity index (χ3v) is 4.81. The first-order valence-corrected chi connectivity index (χ1v) is 9.31. The monoisotopic (exact) mass is 388 g/mol. The number of anilines is 1. The van der Waals surface area contributed by atoms with Crippen molar-refractivity contribution in [3.05, 3.63) is 18.5 Å². The highest BCUT2D eigenvalue weighted by atomic mass is 16.6. The van der Waals surface area contributed by atoms with Gasteiger partial charge >= 0.3 is 6.09 Å². The molecule has 1 aliphatic rings. The highest BCUT2D eigenvalue weighted by Crippen LogP contribution is 2.35. The van der Waals surface area contributed by atoms with Crippen LogP contribution in [0.25, 0.3) is 10.9 Å². The maximum absolute atomic E-state index is 12.4. The number of carbonyl (C=O) groups excluding carboxylic acids is 1. The highest BCUT2D eigenvalue weighted by molar-refractivity contribution is 5.92. The average molecular weight is 388 g/mol. The molecule has 1 aromatic heterocycles. The molecule has 152 valence electrons. The van der Waals surface area contributed by atoms with Gasteiger partial charge in [0.15, 0.2) is 11.5 Å². The van der Waals surface area contributed by atoms with E-state index in [1.165, 1.54) is 0 Å². The van der Waals surface area contributed by atoms with Crippen LogP contribution < -0.4 is 14.4 Å². The number of ether oxygens (including phenoxy) is 3. The first-order chi connectivity index (χ1) is 13.2. The molecule has 0 aliphatic carbocycles. The van der Waals surface area contributed by atoms with E-state index in [2.05, 4.69) is 14.9 Å². The lowest BCUT2D eigenvalue weighted by Gasteiger charge is -2.28. The van der Waals surface area contributed by atoms with Crippen LogP contribution in [-0.2, 0) is 4.74 Å². The number of likely N-dealkylation sites (N-methyl/N-ethyl adjacent to an activating group) is 1. The second-order valence-electron chi connectivity index (χ2n) is 7.90. The van der Waals surface area contributed by atoms with Crippen LogP contribution in [0.3, 0.4) is 0 Å². The van der Waals surface area contributed by atoms with Gasteiger partial charge in [-0.2, -0.15) is 0 Å². The Morgan fingerprint density at radius 3 is 2.50 bits per heavy atom. The van der Waals surface area contributed by atoms with Crippen LogP contribution in [0.1, 0.15) is 27.2 Å². The van der Waals surface area contributed by atoms with Gasteiger partial charge in [-0.15, -0.1) is 0 Å². The van der Waals surface area contributed by atoms with Crippen molar-refractivity contribution in [2.75, 3.05) is 39.3 Å². The molecule has 0 radical (unpaired) electrons. The lowest BCUT2D eigenvalue weighted by Crippen LogP contribution is -2.42. The lowest BCUT2D eigenvalue weighted by atomic mass is 10.2. The summed E-state index contributed by atoms with van der Waals surface area (Å²) in [7, 11) is 4.99. The summed E-state index contributed by atoms with van der Waals surface area (Å²) in [6.07, 6.45) is 2.08. The van der Waals surface area contributed by atoms with Gasteiger partial charge in [0.2, 0.25) is 0 Å². The Bertz CT molecular complexity index is 865. The maximum Gasteiger partial charge on any atom is 0.410 e. The minimum Gasteiger partial charge on any atom is -0.493 e. The predicted molar refractivity (Wildman–Crippen MR) is 107 cm³/mol. The molecule has 0 spiro atoms. The van der Waals surface area contributed by atoms with Crippen LogP contribution in [-0.4, -0.2) is 67.0 Å². The third kappa shape index (κ3) is 4.05. The molecule has 2 aromatic rings. The van der Waals surface area contributed by atoms with E-state index >= 15 is 0 Å². The molecule has 1 aliphatic heterocycles. The summed E-state index contributed by atoms with van der Waals surface area (Å²) in [6.45, 7) is 7.07. The zero-order chi connectivity index (χ0) is 20.5. The van der Waals surface area contributed by atoms with Crippen molar-refractivity contribution in [2.24, 2.45) is 0 Å². The smallest absolute Gasteiger partial charge is 0.410 e. The molecule has 0 saturated carbocycles. The highest BCUT2D eigenvalue weighted by Gasteiger charge is 2.32. The summed E-state index contributed by atoms with van der Waals surface area (Å²) in [6, 6.07) is 3.80. The molecular weight excluding hydrogens is 360 g/mol. The van der Waals surface area contributed by atoms with Gasteiger partial charge < -0.3 is 24.0 Å². The van der Waals surface area contributed by atoms with Crippen molar-refractivity contribution < 1.29 is 19.0 Å². The van der Waals surface area contributed by atoms with E-state index in [0.29, 0.717) is 18.0 Å². The van der Waals surface area contributed by atoms with Crippen molar-refractivity contribution in [1.82, 2.24) is 14.9 Å². The zero-order valence-electron chi connectivity index (χ0n) is 17.4. The van der Waals surface area contributed by atoms with E-state index in [9.17, 15) is 4.79 Å². The van der Waals surface area contributed by atoms with E-state index in [-0.39, 0.29) is 12.1 Å². The third-order valence-electron chi connectivity index (χ3n) is 4.81. The summed E-state index contributed by atoms with van der Waals surface area (Å²) in [4.78, 5) is 25.1. The van der Waals surface area contributed by atoms with Crippen LogP contribution in [0.5, 0.6) is 11.5 Å². The molecule has 0 unspecified atom stereocenters.